The molecule has 3 aliphatic heterocycles. The summed E-state index contributed by atoms with van der Waals surface area (Å²) in [5.41, 5.74) is 2.09. The Morgan fingerprint density at radius 1 is 1.22 bits per heavy atom. The molecule has 45 heavy (non-hydrogen) atoms. The number of benzene rings is 2. The second-order valence-corrected chi connectivity index (χ2v) is 13.1. The molecule has 0 saturated carbocycles. The number of anilines is 1. The zero-order chi connectivity index (χ0) is 31.9. The zero-order valence-electron chi connectivity index (χ0n) is 25.9. The highest BCUT2D eigenvalue weighted by atomic mass is 35.5. The summed E-state index contributed by atoms with van der Waals surface area (Å²) in [4.78, 5) is 28.2. The molecule has 9 nitrogen and oxygen atoms in total. The number of aromatic nitrogens is 2. The van der Waals surface area contributed by atoms with Gasteiger partial charge in [0.1, 0.15) is 11.4 Å². The molecule has 6 rings (SSSR count). The lowest BCUT2D eigenvalue weighted by Crippen LogP contribution is -2.55. The maximum atomic E-state index is 13.9. The Kier molecular flexibility index (Phi) is 8.70. The van der Waals surface area contributed by atoms with Crippen LogP contribution in [0.4, 0.5) is 10.2 Å². The van der Waals surface area contributed by atoms with Crippen LogP contribution in [0.1, 0.15) is 56.0 Å². The van der Waals surface area contributed by atoms with Gasteiger partial charge in [0.15, 0.2) is 5.83 Å². The highest BCUT2D eigenvalue weighted by Crippen LogP contribution is 2.40. The number of likely N-dealkylation sites (N-methyl/N-ethyl adjacent to an activating group) is 1. The van der Waals surface area contributed by atoms with E-state index in [1.54, 1.807) is 0 Å². The van der Waals surface area contributed by atoms with Crippen LogP contribution in [0, 0.1) is 11.3 Å². The number of carbonyl (C=O) groups is 1. The Bertz CT molecular complexity index is 1670. The largest absolute Gasteiger partial charge is 0.456 e. The maximum absolute atomic E-state index is 13.9. The van der Waals surface area contributed by atoms with E-state index in [1.165, 1.54) is 4.90 Å². The van der Waals surface area contributed by atoms with Gasteiger partial charge in [0.05, 0.1) is 36.9 Å². The van der Waals surface area contributed by atoms with E-state index >= 15 is 0 Å². The zero-order valence-corrected chi connectivity index (χ0v) is 26.7. The van der Waals surface area contributed by atoms with Crippen LogP contribution in [-0.4, -0.2) is 76.6 Å². The fourth-order valence-electron chi connectivity index (χ4n) is 7.17. The number of ether oxygens (including phenoxy) is 2. The third kappa shape index (κ3) is 6.09. The Morgan fingerprint density at radius 2 is 2.00 bits per heavy atom. The van der Waals surface area contributed by atoms with E-state index in [4.69, 9.17) is 31.0 Å². The van der Waals surface area contributed by atoms with Crippen molar-refractivity contribution >= 4 is 34.1 Å². The van der Waals surface area contributed by atoms with Crippen LogP contribution < -0.4 is 9.64 Å². The van der Waals surface area contributed by atoms with Gasteiger partial charge in [-0.1, -0.05) is 48.5 Å². The summed E-state index contributed by atoms with van der Waals surface area (Å²) >= 11 is 6.68. The molecule has 0 N–H and O–H groups in total. The fraction of sp³-hybridized carbons (Fsp3) is 0.471. The van der Waals surface area contributed by atoms with Gasteiger partial charge in [-0.05, 0) is 57.3 Å². The summed E-state index contributed by atoms with van der Waals surface area (Å²) in [5, 5.41) is 12.2. The van der Waals surface area contributed by atoms with Gasteiger partial charge in [-0.15, -0.1) is 0 Å². The normalized spacial score (nSPS) is 22.3. The molecule has 0 radical (unpaired) electrons. The lowest BCUT2D eigenvalue weighted by Gasteiger charge is -2.42. The number of hydrogen-bond acceptors (Lipinski definition) is 8. The summed E-state index contributed by atoms with van der Waals surface area (Å²) in [7, 11) is 2.11. The highest BCUT2D eigenvalue weighted by molar-refractivity contribution is 6.35. The Balaban J connectivity index is 1.38. The number of nitrogens with zero attached hydrogens (tertiary/aromatic N) is 6. The lowest BCUT2D eigenvalue weighted by molar-refractivity contribution is -0.131. The second-order valence-electron chi connectivity index (χ2n) is 12.7. The van der Waals surface area contributed by atoms with Crippen molar-refractivity contribution in [2.45, 2.75) is 69.9 Å². The van der Waals surface area contributed by atoms with Crippen LogP contribution in [0.2, 0.25) is 5.02 Å². The third-order valence-electron chi connectivity index (χ3n) is 9.37. The van der Waals surface area contributed by atoms with Crippen molar-refractivity contribution in [3.63, 3.8) is 0 Å². The van der Waals surface area contributed by atoms with Crippen molar-refractivity contribution in [3.8, 4) is 12.1 Å². The van der Waals surface area contributed by atoms with Crippen molar-refractivity contribution in [3.05, 3.63) is 70.6 Å². The number of halogens is 2. The predicted octanol–water partition coefficient (Wildman–Crippen LogP) is 5.76. The van der Waals surface area contributed by atoms with Gasteiger partial charge < -0.3 is 19.3 Å². The maximum Gasteiger partial charge on any atom is 0.319 e. The smallest absolute Gasteiger partial charge is 0.319 e. The first-order valence-corrected chi connectivity index (χ1v) is 15.8. The molecule has 1 amide bonds. The fourth-order valence-corrected chi connectivity index (χ4v) is 7.46. The number of fused-ring (bicyclic) bond motifs is 2. The average Bonchev–Trinajstić information content (AvgIpc) is 3.46. The minimum atomic E-state index is -1.03. The lowest BCUT2D eigenvalue weighted by atomic mass is 9.94. The molecule has 4 heterocycles. The van der Waals surface area contributed by atoms with Crippen molar-refractivity contribution in [1.82, 2.24) is 19.8 Å². The molecule has 2 aromatic carbocycles. The number of amides is 1. The summed E-state index contributed by atoms with van der Waals surface area (Å²) in [5.74, 6) is -1.17. The van der Waals surface area contributed by atoms with Gasteiger partial charge >= 0.3 is 6.01 Å². The second kappa shape index (κ2) is 12.5. The molecule has 11 heteroatoms. The van der Waals surface area contributed by atoms with E-state index in [2.05, 4.69) is 38.4 Å². The summed E-state index contributed by atoms with van der Waals surface area (Å²) in [6.07, 6.45) is 2.36. The van der Waals surface area contributed by atoms with E-state index < -0.39 is 23.4 Å². The first-order valence-electron chi connectivity index (χ1n) is 15.4. The molecule has 3 aromatic rings. The van der Waals surface area contributed by atoms with Crippen molar-refractivity contribution in [2.24, 2.45) is 0 Å². The van der Waals surface area contributed by atoms with E-state index in [1.807, 2.05) is 41.3 Å². The predicted molar refractivity (Wildman–Crippen MR) is 171 cm³/mol. The average molecular weight is 633 g/mol. The Labute approximate surface area is 268 Å². The quantitative estimate of drug-likeness (QED) is 0.303. The molecule has 0 spiro atoms. The molecular formula is C34H38ClFN6O3. The standard InChI is InChI=1S/C34H38ClFN6O3/c1-21(36)32(43)42-17-16-41(19-23(42)13-14-37)31-25-20-44-28(24-10-5-8-22-9-6-11-26(35)30(22)24)18-27(25)38-33(39-31)45-34(2,3)29-12-7-15-40(29)4/h5-6,8-11,23,28-29H,1,7,12-13,15-20H2,2-4H3/t23-,28?,29-/m0/s1. The monoisotopic (exact) mass is 632 g/mol. The van der Waals surface area contributed by atoms with Crippen LogP contribution in [0.25, 0.3) is 10.8 Å². The number of carbonyl (C=O) groups excluding carboxylic acids is 1. The molecule has 2 saturated heterocycles. The van der Waals surface area contributed by atoms with Gasteiger partial charge in [0.2, 0.25) is 0 Å². The molecule has 1 unspecified atom stereocenters. The highest BCUT2D eigenvalue weighted by Gasteiger charge is 2.40. The minimum Gasteiger partial charge on any atom is -0.456 e. The van der Waals surface area contributed by atoms with Gasteiger partial charge in [-0.3, -0.25) is 9.69 Å². The van der Waals surface area contributed by atoms with Crippen LogP contribution in [0.3, 0.4) is 0 Å². The van der Waals surface area contributed by atoms with Crippen molar-refractivity contribution < 1.29 is 18.7 Å². The summed E-state index contributed by atoms with van der Waals surface area (Å²) in [6.45, 7) is 9.50. The number of likely N-dealkylation sites (tertiary alicyclic amines) is 1. The molecular weight excluding hydrogens is 595 g/mol. The molecule has 3 atom stereocenters. The minimum absolute atomic E-state index is 0.0492. The SMILES string of the molecule is C=C(F)C(=O)N1CCN(c2nc(OC(C)(C)[C@@H]3CCCN3C)nc3c2COC(c2cccc4cccc(Cl)c24)C3)C[C@@H]1CC#N. The third-order valence-corrected chi connectivity index (χ3v) is 9.69. The van der Waals surface area contributed by atoms with Crippen LogP contribution in [0.15, 0.2) is 48.8 Å². The number of hydrogen-bond donors (Lipinski definition) is 0. The number of nitriles is 1. The molecule has 0 aliphatic carbocycles. The van der Waals surface area contributed by atoms with E-state index in [-0.39, 0.29) is 37.7 Å². The van der Waals surface area contributed by atoms with Crippen LogP contribution in [-0.2, 0) is 22.6 Å². The first-order chi connectivity index (χ1) is 21.6. The van der Waals surface area contributed by atoms with E-state index in [9.17, 15) is 14.4 Å². The van der Waals surface area contributed by atoms with Crippen LogP contribution in [0.5, 0.6) is 6.01 Å². The summed E-state index contributed by atoms with van der Waals surface area (Å²) < 4.78 is 27.0. The van der Waals surface area contributed by atoms with E-state index in [0.717, 1.165) is 47.0 Å². The van der Waals surface area contributed by atoms with Gasteiger partial charge in [0.25, 0.3) is 5.91 Å². The number of piperazine rings is 1. The van der Waals surface area contributed by atoms with Crippen molar-refractivity contribution in [1.29, 1.82) is 5.26 Å². The van der Waals surface area contributed by atoms with Gasteiger partial charge in [-0.25, -0.2) is 4.39 Å². The Hall–Kier alpha value is -3.78. The molecule has 236 valence electrons. The molecule has 0 bridgehead atoms. The van der Waals surface area contributed by atoms with Crippen molar-refractivity contribution in [2.75, 3.05) is 38.1 Å². The van der Waals surface area contributed by atoms with Gasteiger partial charge in [0, 0.05) is 48.1 Å². The number of rotatable bonds is 7. The first kappa shape index (κ1) is 31.2. The Morgan fingerprint density at radius 3 is 2.71 bits per heavy atom. The molecule has 1 aromatic heterocycles. The van der Waals surface area contributed by atoms with Crippen LogP contribution >= 0.6 is 11.6 Å². The molecule has 3 aliphatic rings. The topological polar surface area (TPSA) is 94.8 Å². The van der Waals surface area contributed by atoms with E-state index in [0.29, 0.717) is 30.4 Å². The van der Waals surface area contributed by atoms with Gasteiger partial charge in [-0.2, -0.15) is 15.2 Å². The summed E-state index contributed by atoms with van der Waals surface area (Å²) in [6, 6.07) is 14.1. The molecule has 2 fully saturated rings.